The summed E-state index contributed by atoms with van der Waals surface area (Å²) in [5, 5.41) is 0.767. The smallest absolute Gasteiger partial charge is 0.231 e. The van der Waals surface area contributed by atoms with Crippen LogP contribution in [0, 0.1) is 5.92 Å². The minimum atomic E-state index is 0.302. The van der Waals surface area contributed by atoms with Gasteiger partial charge in [-0.3, -0.25) is 0 Å². The van der Waals surface area contributed by atoms with E-state index in [9.17, 15) is 0 Å². The molecule has 0 N–H and O–H groups in total. The Bertz CT molecular complexity index is 347. The molecule has 0 radical (unpaired) electrons. The molecule has 1 heterocycles. The predicted molar refractivity (Wildman–Crippen MR) is 56.1 cm³/mol. The summed E-state index contributed by atoms with van der Waals surface area (Å²) in [6.07, 6.45) is 0.968. The average Bonchev–Trinajstić information content (AvgIpc) is 2.51. The van der Waals surface area contributed by atoms with Crippen molar-refractivity contribution in [3.63, 3.8) is 0 Å². The molecule has 0 fully saturated rings. The maximum absolute atomic E-state index is 6.12. The number of ether oxygens (including phenoxy) is 2. The highest BCUT2D eigenvalue weighted by molar-refractivity contribution is 6.31. The van der Waals surface area contributed by atoms with Gasteiger partial charge in [-0.05, 0) is 24.0 Å². The number of hydrogen-bond acceptors (Lipinski definition) is 2. The molecule has 0 bridgehead atoms. The highest BCUT2D eigenvalue weighted by atomic mass is 35.5. The number of rotatable bonds is 2. The summed E-state index contributed by atoms with van der Waals surface area (Å²) in [5.74, 6) is 2.15. The molecule has 3 heteroatoms. The van der Waals surface area contributed by atoms with Crippen LogP contribution in [-0.2, 0) is 6.42 Å². The minimum absolute atomic E-state index is 0.302. The van der Waals surface area contributed by atoms with E-state index in [0.717, 1.165) is 28.5 Å². The molecule has 1 aliphatic heterocycles. The second kappa shape index (κ2) is 3.70. The number of hydrogen-bond donors (Lipinski definition) is 0. The summed E-state index contributed by atoms with van der Waals surface area (Å²) < 4.78 is 10.5. The molecule has 2 nitrogen and oxygen atoms in total. The zero-order valence-electron chi connectivity index (χ0n) is 8.34. The van der Waals surface area contributed by atoms with E-state index in [1.165, 1.54) is 0 Å². The molecule has 2 rings (SSSR count). The van der Waals surface area contributed by atoms with Crippen molar-refractivity contribution in [2.75, 3.05) is 6.79 Å². The van der Waals surface area contributed by atoms with Gasteiger partial charge < -0.3 is 9.47 Å². The standard InChI is InChI=1S/C11H13ClO2/c1-7(2)3-8-4-10-11(5-9(8)12)14-6-13-10/h4-5,7H,3,6H2,1-2H3. The molecule has 1 aromatic carbocycles. The summed E-state index contributed by atoms with van der Waals surface area (Å²) >= 11 is 6.12. The molecule has 0 atom stereocenters. The Morgan fingerprint density at radius 1 is 1.29 bits per heavy atom. The van der Waals surface area contributed by atoms with Crippen molar-refractivity contribution in [2.45, 2.75) is 20.3 Å². The second-order valence-corrected chi connectivity index (χ2v) is 4.30. The quantitative estimate of drug-likeness (QED) is 0.749. The fraction of sp³-hybridized carbons (Fsp3) is 0.455. The van der Waals surface area contributed by atoms with Crippen LogP contribution in [0.1, 0.15) is 19.4 Å². The molecular weight excluding hydrogens is 200 g/mol. The number of halogens is 1. The normalized spacial score (nSPS) is 13.7. The van der Waals surface area contributed by atoms with E-state index < -0.39 is 0 Å². The number of fused-ring (bicyclic) bond motifs is 1. The Kier molecular flexibility index (Phi) is 2.55. The monoisotopic (exact) mass is 212 g/mol. The van der Waals surface area contributed by atoms with Crippen molar-refractivity contribution in [2.24, 2.45) is 5.92 Å². The van der Waals surface area contributed by atoms with Gasteiger partial charge in [0.15, 0.2) is 11.5 Å². The molecule has 14 heavy (non-hydrogen) atoms. The first-order chi connectivity index (χ1) is 6.66. The maximum atomic E-state index is 6.12. The fourth-order valence-electron chi connectivity index (χ4n) is 1.56. The molecule has 1 aromatic rings. The highest BCUT2D eigenvalue weighted by Gasteiger charge is 2.16. The van der Waals surface area contributed by atoms with E-state index in [1.807, 2.05) is 12.1 Å². The SMILES string of the molecule is CC(C)Cc1cc2c(cc1Cl)OCO2. The summed E-state index contributed by atoms with van der Waals surface area (Å²) in [4.78, 5) is 0. The summed E-state index contributed by atoms with van der Waals surface area (Å²) in [7, 11) is 0. The first kappa shape index (κ1) is 9.66. The highest BCUT2D eigenvalue weighted by Crippen LogP contribution is 2.37. The van der Waals surface area contributed by atoms with Gasteiger partial charge >= 0.3 is 0 Å². The Morgan fingerprint density at radius 3 is 2.57 bits per heavy atom. The van der Waals surface area contributed by atoms with Gasteiger partial charge in [-0.25, -0.2) is 0 Å². The Hall–Kier alpha value is -0.890. The third-order valence-electron chi connectivity index (χ3n) is 2.17. The molecule has 1 aliphatic rings. The van der Waals surface area contributed by atoms with E-state index in [1.54, 1.807) is 0 Å². The third kappa shape index (κ3) is 1.80. The van der Waals surface area contributed by atoms with Crippen molar-refractivity contribution >= 4 is 11.6 Å². The molecule has 0 aromatic heterocycles. The van der Waals surface area contributed by atoms with Crippen molar-refractivity contribution in [1.82, 2.24) is 0 Å². The van der Waals surface area contributed by atoms with Crippen LogP contribution in [0.5, 0.6) is 11.5 Å². The lowest BCUT2D eigenvalue weighted by molar-refractivity contribution is 0.174. The lowest BCUT2D eigenvalue weighted by Gasteiger charge is -2.08. The lowest BCUT2D eigenvalue weighted by atomic mass is 10.0. The van der Waals surface area contributed by atoms with Gasteiger partial charge in [-0.1, -0.05) is 25.4 Å². The van der Waals surface area contributed by atoms with Crippen LogP contribution in [0.25, 0.3) is 0 Å². The van der Waals surface area contributed by atoms with E-state index in [-0.39, 0.29) is 0 Å². The van der Waals surface area contributed by atoms with Gasteiger partial charge in [0.2, 0.25) is 6.79 Å². The Morgan fingerprint density at radius 2 is 1.93 bits per heavy atom. The summed E-state index contributed by atoms with van der Waals surface area (Å²) in [6, 6.07) is 3.81. The number of benzene rings is 1. The van der Waals surface area contributed by atoms with Crippen LogP contribution < -0.4 is 9.47 Å². The zero-order chi connectivity index (χ0) is 10.1. The average molecular weight is 213 g/mol. The molecule has 0 spiro atoms. The first-order valence-corrected chi connectivity index (χ1v) is 5.12. The third-order valence-corrected chi connectivity index (χ3v) is 2.52. The van der Waals surface area contributed by atoms with E-state index >= 15 is 0 Å². The zero-order valence-corrected chi connectivity index (χ0v) is 9.10. The second-order valence-electron chi connectivity index (χ2n) is 3.89. The molecule has 0 saturated heterocycles. The maximum Gasteiger partial charge on any atom is 0.231 e. The van der Waals surface area contributed by atoms with Crippen LogP contribution in [0.4, 0.5) is 0 Å². The molecule has 76 valence electrons. The van der Waals surface area contributed by atoms with Gasteiger partial charge in [0.05, 0.1) is 0 Å². The molecule has 0 saturated carbocycles. The molecule has 0 unspecified atom stereocenters. The minimum Gasteiger partial charge on any atom is -0.454 e. The van der Waals surface area contributed by atoms with Crippen LogP contribution in [-0.4, -0.2) is 6.79 Å². The predicted octanol–water partition coefficient (Wildman–Crippen LogP) is 3.27. The fourth-order valence-corrected chi connectivity index (χ4v) is 1.79. The molecule has 0 aliphatic carbocycles. The van der Waals surface area contributed by atoms with Crippen LogP contribution >= 0.6 is 11.6 Å². The Balaban J connectivity index is 2.32. The topological polar surface area (TPSA) is 18.5 Å². The molecular formula is C11H13ClO2. The van der Waals surface area contributed by atoms with Crippen molar-refractivity contribution in [3.05, 3.63) is 22.7 Å². The van der Waals surface area contributed by atoms with Crippen molar-refractivity contribution in [3.8, 4) is 11.5 Å². The van der Waals surface area contributed by atoms with Gasteiger partial charge in [0, 0.05) is 11.1 Å². The lowest BCUT2D eigenvalue weighted by Crippen LogP contribution is -1.95. The summed E-state index contributed by atoms with van der Waals surface area (Å²) in [6.45, 7) is 4.64. The van der Waals surface area contributed by atoms with Crippen molar-refractivity contribution < 1.29 is 9.47 Å². The first-order valence-electron chi connectivity index (χ1n) is 4.75. The van der Waals surface area contributed by atoms with Gasteiger partial charge in [0.1, 0.15) is 0 Å². The van der Waals surface area contributed by atoms with Crippen molar-refractivity contribution in [1.29, 1.82) is 0 Å². The largest absolute Gasteiger partial charge is 0.454 e. The van der Waals surface area contributed by atoms with E-state index in [0.29, 0.717) is 12.7 Å². The van der Waals surface area contributed by atoms with Gasteiger partial charge in [-0.15, -0.1) is 0 Å². The summed E-state index contributed by atoms with van der Waals surface area (Å²) in [5.41, 5.74) is 1.13. The van der Waals surface area contributed by atoms with E-state index in [4.69, 9.17) is 21.1 Å². The van der Waals surface area contributed by atoms with Crippen LogP contribution in [0.2, 0.25) is 5.02 Å². The molecule has 0 amide bonds. The van der Waals surface area contributed by atoms with Crippen LogP contribution in [0.3, 0.4) is 0 Å². The Labute approximate surface area is 88.8 Å². The van der Waals surface area contributed by atoms with Crippen LogP contribution in [0.15, 0.2) is 12.1 Å². The van der Waals surface area contributed by atoms with Gasteiger partial charge in [-0.2, -0.15) is 0 Å². The van der Waals surface area contributed by atoms with Gasteiger partial charge in [0.25, 0.3) is 0 Å². The van der Waals surface area contributed by atoms with E-state index in [2.05, 4.69) is 13.8 Å².